The number of hydrogen-bond acceptors (Lipinski definition) is 4. The molecule has 0 aliphatic heterocycles. The van der Waals surface area contributed by atoms with Gasteiger partial charge in [-0.1, -0.05) is 152 Å². The topological polar surface area (TPSA) is 56.2 Å². The molecule has 10 rings (SSSR count). The summed E-state index contributed by atoms with van der Waals surface area (Å²) in [5, 5.41) is 0. The highest BCUT2D eigenvalue weighted by atomic mass is 16.4. The molecule has 0 aliphatic rings. The molecule has 53 heavy (non-hydrogen) atoms. The lowest BCUT2D eigenvalue weighted by Crippen LogP contribution is -1.98. The molecular weight excluding hydrogens is 649 g/mol. The SMILES string of the molecule is Cc1ccc2c(nc3oc4ncncc4n32)c1-c1ccc(-c2c(-c3ccccc3)c(-c3ccccc3)cc(-c3ccccc3)c2-c2ccccc2)cc1. The van der Waals surface area contributed by atoms with Crippen LogP contribution in [0.25, 0.3) is 94.9 Å². The van der Waals surface area contributed by atoms with Gasteiger partial charge in [-0.05, 0) is 85.8 Å². The maximum Gasteiger partial charge on any atom is 0.309 e. The Labute approximate surface area is 306 Å². The molecule has 10 aromatic rings. The standard InChI is InChI=1S/C48H32N4O/c1-31-22-27-40-46(51-48-52(40)41-29-49-30-50-47(41)53-48)42(31)36-23-25-37(26-24-36)45-43(34-18-10-4-11-19-34)38(32-14-6-2-7-15-32)28-39(33-16-8-3-9-17-33)44(45)35-20-12-5-13-21-35/h2-30H,1H3. The van der Waals surface area contributed by atoms with E-state index in [0.717, 1.165) is 38.8 Å². The predicted octanol–water partition coefficient (Wildman–Crippen LogP) is 12.3. The van der Waals surface area contributed by atoms with Gasteiger partial charge in [-0.15, -0.1) is 0 Å². The maximum atomic E-state index is 6.05. The van der Waals surface area contributed by atoms with Crippen LogP contribution in [0.1, 0.15) is 5.56 Å². The average molecular weight is 681 g/mol. The Hall–Kier alpha value is -7.11. The van der Waals surface area contributed by atoms with Gasteiger partial charge >= 0.3 is 5.84 Å². The van der Waals surface area contributed by atoms with Crippen molar-refractivity contribution in [2.24, 2.45) is 0 Å². The van der Waals surface area contributed by atoms with Gasteiger partial charge in [0.2, 0.25) is 5.71 Å². The van der Waals surface area contributed by atoms with Crippen molar-refractivity contribution in [2.45, 2.75) is 6.92 Å². The van der Waals surface area contributed by atoms with Gasteiger partial charge in [0.25, 0.3) is 0 Å². The van der Waals surface area contributed by atoms with E-state index >= 15 is 0 Å². The summed E-state index contributed by atoms with van der Waals surface area (Å²) in [6.45, 7) is 2.14. The van der Waals surface area contributed by atoms with Gasteiger partial charge < -0.3 is 4.42 Å². The van der Waals surface area contributed by atoms with Gasteiger partial charge in [-0.25, -0.2) is 4.98 Å². The molecule has 0 bridgehead atoms. The number of benzene rings is 7. The minimum atomic E-state index is 0.505. The third-order valence-corrected chi connectivity index (χ3v) is 10.2. The summed E-state index contributed by atoms with van der Waals surface area (Å²) in [4.78, 5) is 13.5. The molecule has 3 heterocycles. The molecule has 5 heteroatoms. The Morgan fingerprint density at radius 1 is 0.472 bits per heavy atom. The van der Waals surface area contributed by atoms with Gasteiger partial charge in [0.05, 0.1) is 11.7 Å². The van der Waals surface area contributed by atoms with Crippen LogP contribution in [0.15, 0.2) is 181 Å². The molecule has 5 nitrogen and oxygen atoms in total. The van der Waals surface area contributed by atoms with E-state index in [0.29, 0.717) is 11.6 Å². The van der Waals surface area contributed by atoms with Crippen molar-refractivity contribution in [3.63, 3.8) is 0 Å². The average Bonchev–Trinajstić information content (AvgIpc) is 3.78. The first-order chi connectivity index (χ1) is 26.2. The fourth-order valence-corrected chi connectivity index (χ4v) is 7.79. The van der Waals surface area contributed by atoms with Crippen molar-refractivity contribution in [1.82, 2.24) is 19.4 Å². The first-order valence-electron chi connectivity index (χ1n) is 17.8. The predicted molar refractivity (Wildman–Crippen MR) is 215 cm³/mol. The van der Waals surface area contributed by atoms with Gasteiger partial charge in [0, 0.05) is 5.56 Å². The monoisotopic (exact) mass is 680 g/mol. The zero-order valence-corrected chi connectivity index (χ0v) is 28.9. The second-order valence-electron chi connectivity index (χ2n) is 13.3. The second kappa shape index (κ2) is 12.6. The van der Waals surface area contributed by atoms with E-state index in [9.17, 15) is 0 Å². The van der Waals surface area contributed by atoms with Crippen LogP contribution in [0.2, 0.25) is 0 Å². The normalized spacial score (nSPS) is 11.5. The van der Waals surface area contributed by atoms with Crippen molar-refractivity contribution >= 4 is 28.1 Å². The smallest absolute Gasteiger partial charge is 0.309 e. The molecule has 3 aromatic heterocycles. The lowest BCUT2D eigenvalue weighted by molar-refractivity contribution is 0.629. The van der Waals surface area contributed by atoms with E-state index in [1.54, 1.807) is 6.20 Å². The molecule has 0 unspecified atom stereocenters. The fraction of sp³-hybridized carbons (Fsp3) is 0.0208. The maximum absolute atomic E-state index is 6.05. The summed E-state index contributed by atoms with van der Waals surface area (Å²) in [6, 6.07) is 58.8. The fourth-order valence-electron chi connectivity index (χ4n) is 7.79. The Morgan fingerprint density at radius 3 is 1.51 bits per heavy atom. The summed E-state index contributed by atoms with van der Waals surface area (Å²) in [7, 11) is 0. The van der Waals surface area contributed by atoms with Crippen LogP contribution in [0.4, 0.5) is 0 Å². The van der Waals surface area contributed by atoms with E-state index in [-0.39, 0.29) is 0 Å². The molecular formula is C48H32N4O. The van der Waals surface area contributed by atoms with Crippen LogP contribution in [-0.4, -0.2) is 19.4 Å². The van der Waals surface area contributed by atoms with E-state index in [1.807, 2.05) is 4.40 Å². The molecule has 0 amide bonds. The molecule has 0 saturated heterocycles. The lowest BCUT2D eigenvalue weighted by atomic mass is 9.78. The van der Waals surface area contributed by atoms with Gasteiger partial charge in [-0.3, -0.25) is 4.40 Å². The molecule has 0 N–H and O–H groups in total. The summed E-state index contributed by atoms with van der Waals surface area (Å²) in [5.74, 6) is 0.505. The number of hydrogen-bond donors (Lipinski definition) is 0. The van der Waals surface area contributed by atoms with E-state index in [4.69, 9.17) is 9.40 Å². The van der Waals surface area contributed by atoms with Crippen LogP contribution < -0.4 is 0 Å². The van der Waals surface area contributed by atoms with Crippen LogP contribution in [0, 0.1) is 6.92 Å². The van der Waals surface area contributed by atoms with Crippen molar-refractivity contribution < 1.29 is 4.42 Å². The molecule has 0 saturated carbocycles. The first kappa shape index (κ1) is 30.7. The zero-order valence-electron chi connectivity index (χ0n) is 28.9. The number of oxazole rings is 1. The molecule has 0 spiro atoms. The number of aromatic nitrogens is 4. The first-order valence-corrected chi connectivity index (χ1v) is 17.8. The highest BCUT2D eigenvalue weighted by molar-refractivity contribution is 6.08. The largest absolute Gasteiger partial charge is 0.404 e. The molecule has 0 radical (unpaired) electrons. The Kier molecular flexibility index (Phi) is 7.29. The highest BCUT2D eigenvalue weighted by Gasteiger charge is 2.24. The number of imidazole rings is 1. The second-order valence-corrected chi connectivity index (χ2v) is 13.3. The van der Waals surface area contributed by atoms with Crippen molar-refractivity contribution in [1.29, 1.82) is 0 Å². The molecule has 0 aliphatic carbocycles. The van der Waals surface area contributed by atoms with E-state index in [1.165, 1.54) is 56.4 Å². The van der Waals surface area contributed by atoms with E-state index < -0.39 is 0 Å². The van der Waals surface area contributed by atoms with Crippen molar-refractivity contribution in [2.75, 3.05) is 0 Å². The molecule has 7 aromatic carbocycles. The Morgan fingerprint density at radius 2 is 0.962 bits per heavy atom. The summed E-state index contributed by atoms with van der Waals surface area (Å²) in [6.07, 6.45) is 3.27. The Balaban J connectivity index is 1.26. The number of fused-ring (bicyclic) bond motifs is 5. The Bertz CT molecular complexity index is 2810. The third kappa shape index (κ3) is 5.13. The van der Waals surface area contributed by atoms with Crippen LogP contribution in [0.5, 0.6) is 0 Å². The van der Waals surface area contributed by atoms with Gasteiger partial charge in [0.1, 0.15) is 17.4 Å². The third-order valence-electron chi connectivity index (χ3n) is 10.2. The van der Waals surface area contributed by atoms with Crippen molar-refractivity contribution in [3.8, 4) is 66.8 Å². The minimum absolute atomic E-state index is 0.505. The number of aryl methyl sites for hydroxylation is 1. The lowest BCUT2D eigenvalue weighted by Gasteiger charge is -2.24. The molecule has 250 valence electrons. The van der Waals surface area contributed by atoms with Gasteiger partial charge in [0.15, 0.2) is 0 Å². The van der Waals surface area contributed by atoms with Crippen LogP contribution >= 0.6 is 0 Å². The molecule has 0 atom stereocenters. The summed E-state index contributed by atoms with van der Waals surface area (Å²) >= 11 is 0. The van der Waals surface area contributed by atoms with Gasteiger partial charge in [-0.2, -0.15) is 9.97 Å². The van der Waals surface area contributed by atoms with E-state index in [2.05, 4.69) is 181 Å². The summed E-state index contributed by atoms with van der Waals surface area (Å²) < 4.78 is 8.05. The van der Waals surface area contributed by atoms with Crippen molar-refractivity contribution in [3.05, 3.63) is 182 Å². The number of rotatable bonds is 6. The quantitative estimate of drug-likeness (QED) is 0.175. The van der Waals surface area contributed by atoms with Crippen LogP contribution in [0.3, 0.4) is 0 Å². The highest BCUT2D eigenvalue weighted by Crippen LogP contribution is 2.50. The zero-order chi connectivity index (χ0) is 35.3. The number of nitrogens with zero attached hydrogens (tertiary/aromatic N) is 4. The summed E-state index contributed by atoms with van der Waals surface area (Å²) in [5.41, 5.74) is 18.2. The molecule has 0 fully saturated rings. The van der Waals surface area contributed by atoms with Crippen LogP contribution in [-0.2, 0) is 0 Å². The minimum Gasteiger partial charge on any atom is -0.404 e.